The van der Waals surface area contributed by atoms with Gasteiger partial charge in [0, 0.05) is 10.4 Å². The van der Waals surface area contributed by atoms with E-state index >= 15 is 0 Å². The van der Waals surface area contributed by atoms with Gasteiger partial charge in [-0.25, -0.2) is 13.1 Å². The Morgan fingerprint density at radius 2 is 2.06 bits per heavy atom. The van der Waals surface area contributed by atoms with Crippen LogP contribution in [-0.4, -0.2) is 20.2 Å². The third-order valence-corrected chi connectivity index (χ3v) is 5.20. The molecule has 0 aromatic heterocycles. The van der Waals surface area contributed by atoms with Crippen LogP contribution < -0.4 is 4.72 Å². The van der Waals surface area contributed by atoms with Crippen LogP contribution in [0.15, 0.2) is 28.7 Å². The molecule has 0 spiro atoms. The van der Waals surface area contributed by atoms with Crippen molar-refractivity contribution in [2.45, 2.75) is 17.6 Å². The standard InChI is InChI=1S/C12H12BrNO2S/c1-2-7-14-17(15,16)12-8-11(12)9-3-5-10(13)6-4-9/h1,3-6,11-12,14H,7-8H2. The summed E-state index contributed by atoms with van der Waals surface area (Å²) in [5, 5.41) is -0.336. The van der Waals surface area contributed by atoms with Crippen LogP contribution in [0.1, 0.15) is 17.9 Å². The molecule has 0 heterocycles. The summed E-state index contributed by atoms with van der Waals surface area (Å²) >= 11 is 3.35. The molecule has 1 N–H and O–H groups in total. The predicted octanol–water partition coefficient (Wildman–Crippen LogP) is 1.86. The van der Waals surface area contributed by atoms with E-state index in [4.69, 9.17) is 6.42 Å². The molecule has 3 nitrogen and oxygen atoms in total. The van der Waals surface area contributed by atoms with E-state index in [0.717, 1.165) is 10.0 Å². The molecule has 0 amide bonds. The maximum absolute atomic E-state index is 11.8. The van der Waals surface area contributed by atoms with Gasteiger partial charge in [0.25, 0.3) is 0 Å². The Bertz CT molecular complexity index is 545. The predicted molar refractivity (Wildman–Crippen MR) is 71.0 cm³/mol. The van der Waals surface area contributed by atoms with E-state index in [0.29, 0.717) is 6.42 Å². The van der Waals surface area contributed by atoms with Gasteiger partial charge < -0.3 is 0 Å². The van der Waals surface area contributed by atoms with Gasteiger partial charge in [-0.2, -0.15) is 0 Å². The highest BCUT2D eigenvalue weighted by Crippen LogP contribution is 2.45. The molecule has 1 saturated carbocycles. The van der Waals surface area contributed by atoms with E-state index in [2.05, 4.69) is 26.6 Å². The lowest BCUT2D eigenvalue weighted by atomic mass is 10.1. The molecule has 0 bridgehead atoms. The lowest BCUT2D eigenvalue weighted by molar-refractivity contribution is 0.584. The molecular weight excluding hydrogens is 302 g/mol. The molecular formula is C12H12BrNO2S. The molecule has 0 aliphatic heterocycles. The van der Waals surface area contributed by atoms with Gasteiger partial charge in [0.05, 0.1) is 11.8 Å². The summed E-state index contributed by atoms with van der Waals surface area (Å²) in [7, 11) is -3.26. The fourth-order valence-corrected chi connectivity index (χ4v) is 3.64. The molecule has 90 valence electrons. The molecule has 1 fully saturated rings. The van der Waals surface area contributed by atoms with Crippen molar-refractivity contribution in [2.75, 3.05) is 6.54 Å². The van der Waals surface area contributed by atoms with Crippen molar-refractivity contribution in [3.8, 4) is 12.3 Å². The topological polar surface area (TPSA) is 46.2 Å². The molecule has 2 unspecified atom stereocenters. The largest absolute Gasteiger partial charge is 0.215 e. The summed E-state index contributed by atoms with van der Waals surface area (Å²) in [5.74, 6) is 2.37. The molecule has 1 aliphatic rings. The first-order valence-corrected chi connectivity index (χ1v) is 7.56. The zero-order chi connectivity index (χ0) is 12.5. The zero-order valence-electron chi connectivity index (χ0n) is 9.06. The lowest BCUT2D eigenvalue weighted by Gasteiger charge is -2.03. The van der Waals surface area contributed by atoms with Gasteiger partial charge in [-0.05, 0) is 24.1 Å². The lowest BCUT2D eigenvalue weighted by Crippen LogP contribution is -2.28. The first-order valence-electron chi connectivity index (χ1n) is 5.22. The maximum Gasteiger partial charge on any atom is 0.215 e. The van der Waals surface area contributed by atoms with E-state index in [-0.39, 0.29) is 17.7 Å². The third kappa shape index (κ3) is 2.89. The highest BCUT2D eigenvalue weighted by Gasteiger charge is 2.47. The SMILES string of the molecule is C#CCNS(=O)(=O)C1CC1c1ccc(Br)cc1. The van der Waals surface area contributed by atoms with Crippen LogP contribution in [0.4, 0.5) is 0 Å². The second-order valence-corrected chi connectivity index (χ2v) is 6.90. The fourth-order valence-electron chi connectivity index (χ4n) is 1.82. The quantitative estimate of drug-likeness (QED) is 0.862. The Hall–Kier alpha value is -0.830. The van der Waals surface area contributed by atoms with Gasteiger partial charge in [0.1, 0.15) is 0 Å². The zero-order valence-corrected chi connectivity index (χ0v) is 11.5. The van der Waals surface area contributed by atoms with E-state index in [1.807, 2.05) is 24.3 Å². The molecule has 2 rings (SSSR count). The van der Waals surface area contributed by atoms with Crippen LogP contribution in [0.3, 0.4) is 0 Å². The second-order valence-electron chi connectivity index (χ2n) is 4.00. The molecule has 2 atom stereocenters. The smallest absolute Gasteiger partial charge is 0.212 e. The van der Waals surface area contributed by atoms with Gasteiger partial charge >= 0.3 is 0 Å². The normalized spacial score (nSPS) is 23.1. The van der Waals surface area contributed by atoms with Crippen LogP contribution in [0.25, 0.3) is 0 Å². The first-order chi connectivity index (χ1) is 8.04. The Labute approximate surface area is 110 Å². The van der Waals surface area contributed by atoms with Crippen LogP contribution in [0.5, 0.6) is 0 Å². The second kappa shape index (κ2) is 4.81. The molecule has 0 radical (unpaired) electrons. The number of rotatable bonds is 4. The van der Waals surface area contributed by atoms with Crippen molar-refractivity contribution in [2.24, 2.45) is 0 Å². The number of hydrogen-bond acceptors (Lipinski definition) is 2. The van der Waals surface area contributed by atoms with Crippen molar-refractivity contribution in [3.05, 3.63) is 34.3 Å². The van der Waals surface area contributed by atoms with Gasteiger partial charge in [-0.15, -0.1) is 6.42 Å². The summed E-state index contributed by atoms with van der Waals surface area (Å²) in [6, 6.07) is 7.75. The van der Waals surface area contributed by atoms with Crippen LogP contribution >= 0.6 is 15.9 Å². The third-order valence-electron chi connectivity index (χ3n) is 2.80. The van der Waals surface area contributed by atoms with Crippen molar-refractivity contribution >= 4 is 26.0 Å². The average molecular weight is 314 g/mol. The van der Waals surface area contributed by atoms with Crippen molar-refractivity contribution in [1.82, 2.24) is 4.72 Å². The summed E-state index contributed by atoms with van der Waals surface area (Å²) in [6.45, 7) is 0.0614. The van der Waals surface area contributed by atoms with Gasteiger partial charge in [-0.1, -0.05) is 34.0 Å². The maximum atomic E-state index is 11.8. The minimum absolute atomic E-state index is 0.0614. The molecule has 1 aromatic rings. The Kier molecular flexibility index (Phi) is 3.57. The summed E-state index contributed by atoms with van der Waals surface area (Å²) in [4.78, 5) is 0. The van der Waals surface area contributed by atoms with E-state index in [1.54, 1.807) is 0 Å². The molecule has 17 heavy (non-hydrogen) atoms. The van der Waals surface area contributed by atoms with Crippen LogP contribution in [-0.2, 0) is 10.0 Å². The highest BCUT2D eigenvalue weighted by molar-refractivity contribution is 9.10. The number of halogens is 1. The highest BCUT2D eigenvalue weighted by atomic mass is 79.9. The van der Waals surface area contributed by atoms with Crippen molar-refractivity contribution < 1.29 is 8.42 Å². The molecule has 1 aliphatic carbocycles. The van der Waals surface area contributed by atoms with Crippen molar-refractivity contribution in [3.63, 3.8) is 0 Å². The van der Waals surface area contributed by atoms with Crippen LogP contribution in [0.2, 0.25) is 0 Å². The van der Waals surface area contributed by atoms with Crippen molar-refractivity contribution in [1.29, 1.82) is 0 Å². The first kappa shape index (κ1) is 12.6. The number of sulfonamides is 1. The van der Waals surface area contributed by atoms with Gasteiger partial charge in [0.2, 0.25) is 10.0 Å². The van der Waals surface area contributed by atoms with Gasteiger partial charge in [0.15, 0.2) is 0 Å². The number of terminal acetylenes is 1. The summed E-state index contributed by atoms with van der Waals surface area (Å²) in [5.41, 5.74) is 1.06. The van der Waals surface area contributed by atoms with E-state index < -0.39 is 10.0 Å². The van der Waals surface area contributed by atoms with Gasteiger partial charge in [-0.3, -0.25) is 0 Å². The fraction of sp³-hybridized carbons (Fsp3) is 0.333. The number of benzene rings is 1. The summed E-state index contributed by atoms with van der Waals surface area (Å²) < 4.78 is 27.0. The number of hydrogen-bond donors (Lipinski definition) is 1. The Morgan fingerprint density at radius 3 is 2.65 bits per heavy atom. The monoisotopic (exact) mass is 313 g/mol. The molecule has 0 saturated heterocycles. The Morgan fingerprint density at radius 1 is 1.41 bits per heavy atom. The molecule has 5 heteroatoms. The van der Waals surface area contributed by atoms with E-state index in [9.17, 15) is 8.42 Å². The summed E-state index contributed by atoms with van der Waals surface area (Å²) in [6.07, 6.45) is 5.70. The van der Waals surface area contributed by atoms with E-state index in [1.165, 1.54) is 0 Å². The molecule has 1 aromatic carbocycles. The minimum atomic E-state index is -3.26. The number of nitrogens with one attached hydrogen (secondary N) is 1. The van der Waals surface area contributed by atoms with Crippen LogP contribution in [0, 0.1) is 12.3 Å². The minimum Gasteiger partial charge on any atom is -0.212 e. The average Bonchev–Trinajstić information content (AvgIpc) is 3.08. The Balaban J connectivity index is 2.06.